The van der Waals surface area contributed by atoms with E-state index in [2.05, 4.69) is 91.0 Å². The van der Waals surface area contributed by atoms with E-state index in [9.17, 15) is 0 Å². The standard InChI is InChI=1S/C43H25N3O2/c1-2-10-29-25-30(24-21-26(29)9-1)27-19-22-28(23-20-27)41-44-42(33-13-7-17-37-39(33)31-11-3-5-15-35(31)47-37)46-43(45-41)34-14-8-18-38-40(34)32-12-4-6-16-36(32)48-38/h1-25H. The van der Waals surface area contributed by atoms with Crippen molar-refractivity contribution >= 4 is 54.6 Å². The number of fused-ring (bicyclic) bond motifs is 7. The lowest BCUT2D eigenvalue weighted by Crippen LogP contribution is -2.00. The third-order valence-electron chi connectivity index (χ3n) is 9.15. The minimum Gasteiger partial charge on any atom is -0.456 e. The van der Waals surface area contributed by atoms with Gasteiger partial charge in [0.05, 0.1) is 0 Å². The minimum atomic E-state index is 0.579. The van der Waals surface area contributed by atoms with Gasteiger partial charge in [-0.2, -0.15) is 0 Å². The molecule has 0 amide bonds. The first-order chi connectivity index (χ1) is 23.8. The first-order valence-corrected chi connectivity index (χ1v) is 15.9. The van der Waals surface area contributed by atoms with Gasteiger partial charge in [-0.15, -0.1) is 0 Å². The Morgan fingerprint density at radius 3 is 1.44 bits per heavy atom. The molecule has 0 aliphatic carbocycles. The lowest BCUT2D eigenvalue weighted by molar-refractivity contribution is 0.668. The van der Waals surface area contributed by atoms with Gasteiger partial charge in [0.15, 0.2) is 17.5 Å². The number of hydrogen-bond acceptors (Lipinski definition) is 5. The van der Waals surface area contributed by atoms with Crippen molar-refractivity contribution in [3.8, 4) is 45.3 Å². The van der Waals surface area contributed by atoms with Crippen LogP contribution in [0.15, 0.2) is 160 Å². The van der Waals surface area contributed by atoms with Crippen molar-refractivity contribution in [2.75, 3.05) is 0 Å². The van der Waals surface area contributed by atoms with Crippen molar-refractivity contribution in [3.05, 3.63) is 152 Å². The third kappa shape index (κ3) is 4.22. The molecule has 0 bridgehead atoms. The first kappa shape index (κ1) is 26.6. The summed E-state index contributed by atoms with van der Waals surface area (Å²) < 4.78 is 12.5. The van der Waals surface area contributed by atoms with Gasteiger partial charge in [0, 0.05) is 38.2 Å². The fourth-order valence-electron chi connectivity index (χ4n) is 6.85. The van der Waals surface area contributed by atoms with Crippen molar-refractivity contribution in [1.29, 1.82) is 0 Å². The van der Waals surface area contributed by atoms with Crippen LogP contribution in [0, 0.1) is 0 Å². The predicted octanol–water partition coefficient (Wildman–Crippen LogP) is 11.5. The van der Waals surface area contributed by atoms with Crippen molar-refractivity contribution in [3.63, 3.8) is 0 Å². The van der Waals surface area contributed by atoms with E-state index in [1.165, 1.54) is 10.8 Å². The quantitative estimate of drug-likeness (QED) is 0.197. The maximum Gasteiger partial charge on any atom is 0.164 e. The number of para-hydroxylation sites is 2. The number of hydrogen-bond donors (Lipinski definition) is 0. The molecule has 10 aromatic rings. The molecule has 0 radical (unpaired) electrons. The summed E-state index contributed by atoms with van der Waals surface area (Å²) in [5.74, 6) is 1.75. The molecule has 0 aliphatic heterocycles. The van der Waals surface area contributed by atoms with E-state index in [-0.39, 0.29) is 0 Å². The number of benzene rings is 7. The highest BCUT2D eigenvalue weighted by molar-refractivity contribution is 6.13. The molecule has 0 unspecified atom stereocenters. The highest BCUT2D eigenvalue weighted by atomic mass is 16.3. The average Bonchev–Trinajstić information content (AvgIpc) is 3.73. The first-order valence-electron chi connectivity index (χ1n) is 15.9. The van der Waals surface area contributed by atoms with Crippen LogP contribution in [0.25, 0.3) is 99.9 Å². The maximum absolute atomic E-state index is 6.24. The lowest BCUT2D eigenvalue weighted by Gasteiger charge is -2.11. The summed E-state index contributed by atoms with van der Waals surface area (Å²) in [6, 6.07) is 51.7. The van der Waals surface area contributed by atoms with Gasteiger partial charge in [0.1, 0.15) is 22.3 Å². The van der Waals surface area contributed by atoms with Gasteiger partial charge in [-0.3, -0.25) is 0 Å². The van der Waals surface area contributed by atoms with E-state index in [0.717, 1.165) is 71.7 Å². The zero-order valence-electron chi connectivity index (χ0n) is 25.6. The maximum atomic E-state index is 6.24. The van der Waals surface area contributed by atoms with Gasteiger partial charge in [-0.05, 0) is 52.2 Å². The summed E-state index contributed by atoms with van der Waals surface area (Å²) in [6.07, 6.45) is 0. The second-order valence-corrected chi connectivity index (χ2v) is 12.0. The van der Waals surface area contributed by atoms with E-state index in [1.54, 1.807) is 0 Å². The number of furan rings is 2. The Bertz CT molecular complexity index is 2710. The van der Waals surface area contributed by atoms with Crippen LogP contribution in [0.3, 0.4) is 0 Å². The summed E-state index contributed by atoms with van der Waals surface area (Å²) in [5.41, 5.74) is 8.20. The monoisotopic (exact) mass is 615 g/mol. The molecule has 7 aromatic carbocycles. The minimum absolute atomic E-state index is 0.579. The molecule has 0 saturated heterocycles. The SMILES string of the molecule is c1ccc2cc(-c3ccc(-c4nc(-c5cccc6oc7ccccc7c56)nc(-c5cccc6oc7ccccc7c56)n4)cc3)ccc2c1. The van der Waals surface area contributed by atoms with Crippen LogP contribution in [0.5, 0.6) is 0 Å². The molecule has 0 atom stereocenters. The molecule has 0 spiro atoms. The highest BCUT2D eigenvalue weighted by Gasteiger charge is 2.20. The summed E-state index contributed by atoms with van der Waals surface area (Å²) in [6.45, 7) is 0. The van der Waals surface area contributed by atoms with Crippen LogP contribution in [-0.4, -0.2) is 15.0 Å². The molecule has 3 aromatic heterocycles. The number of rotatable bonds is 4. The van der Waals surface area contributed by atoms with Crippen LogP contribution in [-0.2, 0) is 0 Å². The smallest absolute Gasteiger partial charge is 0.164 e. The Morgan fingerprint density at radius 2 is 0.812 bits per heavy atom. The largest absolute Gasteiger partial charge is 0.456 e. The van der Waals surface area contributed by atoms with Crippen molar-refractivity contribution < 1.29 is 8.83 Å². The molecule has 0 fully saturated rings. The van der Waals surface area contributed by atoms with Gasteiger partial charge in [0.25, 0.3) is 0 Å². The van der Waals surface area contributed by atoms with Crippen molar-refractivity contribution in [2.24, 2.45) is 0 Å². The molecule has 224 valence electrons. The van der Waals surface area contributed by atoms with Crippen LogP contribution in [0.1, 0.15) is 0 Å². The zero-order chi connectivity index (χ0) is 31.6. The fraction of sp³-hybridized carbons (Fsp3) is 0. The van der Waals surface area contributed by atoms with Crippen LogP contribution in [0.2, 0.25) is 0 Å². The summed E-state index contributed by atoms with van der Waals surface area (Å²) in [7, 11) is 0. The third-order valence-corrected chi connectivity index (χ3v) is 9.15. The Balaban J connectivity index is 1.19. The molecule has 5 nitrogen and oxygen atoms in total. The Labute approximate surface area is 274 Å². The van der Waals surface area contributed by atoms with E-state index in [0.29, 0.717) is 17.5 Å². The van der Waals surface area contributed by atoms with E-state index < -0.39 is 0 Å². The van der Waals surface area contributed by atoms with Crippen LogP contribution in [0.4, 0.5) is 0 Å². The molecule has 5 heteroatoms. The fourth-order valence-corrected chi connectivity index (χ4v) is 6.85. The molecule has 0 saturated carbocycles. The molecule has 10 rings (SSSR count). The zero-order valence-corrected chi connectivity index (χ0v) is 25.6. The van der Waals surface area contributed by atoms with Crippen molar-refractivity contribution in [2.45, 2.75) is 0 Å². The van der Waals surface area contributed by atoms with Crippen molar-refractivity contribution in [1.82, 2.24) is 15.0 Å². The van der Waals surface area contributed by atoms with Crippen LogP contribution < -0.4 is 0 Å². The van der Waals surface area contributed by atoms with E-state index in [4.69, 9.17) is 23.8 Å². The highest BCUT2D eigenvalue weighted by Crippen LogP contribution is 2.39. The van der Waals surface area contributed by atoms with Gasteiger partial charge < -0.3 is 8.83 Å². The molecular formula is C43H25N3O2. The van der Waals surface area contributed by atoms with Gasteiger partial charge >= 0.3 is 0 Å². The summed E-state index contributed by atoms with van der Waals surface area (Å²) in [4.78, 5) is 15.4. The Morgan fingerprint density at radius 1 is 0.333 bits per heavy atom. The van der Waals surface area contributed by atoms with Gasteiger partial charge in [-0.25, -0.2) is 15.0 Å². The van der Waals surface area contributed by atoms with Gasteiger partial charge in [0.2, 0.25) is 0 Å². The summed E-state index contributed by atoms with van der Waals surface area (Å²) in [5, 5.41) is 6.45. The predicted molar refractivity (Wildman–Crippen MR) is 194 cm³/mol. The van der Waals surface area contributed by atoms with E-state index in [1.807, 2.05) is 60.7 Å². The molecule has 0 aliphatic rings. The molecule has 48 heavy (non-hydrogen) atoms. The summed E-state index contributed by atoms with van der Waals surface area (Å²) >= 11 is 0. The average molecular weight is 616 g/mol. The van der Waals surface area contributed by atoms with Crippen LogP contribution >= 0.6 is 0 Å². The van der Waals surface area contributed by atoms with Gasteiger partial charge in [-0.1, -0.05) is 121 Å². The number of aromatic nitrogens is 3. The second-order valence-electron chi connectivity index (χ2n) is 12.0. The second kappa shape index (κ2) is 10.5. The topological polar surface area (TPSA) is 65.0 Å². The molecular weight excluding hydrogens is 590 g/mol. The Kier molecular flexibility index (Phi) is 5.81. The van der Waals surface area contributed by atoms with E-state index >= 15 is 0 Å². The lowest BCUT2D eigenvalue weighted by atomic mass is 10.00. The molecule has 3 heterocycles. The number of nitrogens with zero attached hydrogens (tertiary/aromatic N) is 3. The molecule has 0 N–H and O–H groups in total. The Hall–Kier alpha value is -6.59. The normalized spacial score (nSPS) is 11.8.